The SMILES string of the molecule is CC(C)(C)C(CN)N1CCC(N2CCCCC2)CC1. The fourth-order valence-electron chi connectivity index (χ4n) is 3.90. The molecule has 19 heavy (non-hydrogen) atoms. The van der Waals surface area contributed by atoms with Crippen LogP contribution in [0.1, 0.15) is 52.9 Å². The van der Waals surface area contributed by atoms with E-state index in [0.29, 0.717) is 11.5 Å². The summed E-state index contributed by atoms with van der Waals surface area (Å²) in [5, 5.41) is 0. The van der Waals surface area contributed by atoms with Crippen LogP contribution < -0.4 is 5.73 Å². The molecule has 0 aromatic carbocycles. The molecule has 2 rings (SSSR count). The monoisotopic (exact) mass is 267 g/mol. The summed E-state index contributed by atoms with van der Waals surface area (Å²) in [5.74, 6) is 0. The Morgan fingerprint density at radius 1 is 1.00 bits per heavy atom. The third-order valence-corrected chi connectivity index (χ3v) is 5.07. The lowest BCUT2D eigenvalue weighted by Gasteiger charge is -2.46. The molecule has 0 amide bonds. The lowest BCUT2D eigenvalue weighted by atomic mass is 9.84. The summed E-state index contributed by atoms with van der Waals surface area (Å²) in [5.41, 5.74) is 6.31. The average molecular weight is 267 g/mol. The minimum atomic E-state index is 0.298. The molecule has 2 N–H and O–H groups in total. The van der Waals surface area contributed by atoms with Gasteiger partial charge in [0.05, 0.1) is 0 Å². The van der Waals surface area contributed by atoms with Gasteiger partial charge in [0.25, 0.3) is 0 Å². The van der Waals surface area contributed by atoms with Gasteiger partial charge in [-0.3, -0.25) is 4.90 Å². The Labute approximate surface area is 119 Å². The first-order valence-corrected chi connectivity index (χ1v) is 8.20. The quantitative estimate of drug-likeness (QED) is 0.852. The maximum absolute atomic E-state index is 6.02. The van der Waals surface area contributed by atoms with Gasteiger partial charge in [-0.2, -0.15) is 0 Å². The molecule has 112 valence electrons. The maximum atomic E-state index is 6.02. The molecule has 0 spiro atoms. The summed E-state index contributed by atoms with van der Waals surface area (Å²) >= 11 is 0. The largest absolute Gasteiger partial charge is 0.329 e. The molecule has 3 nitrogen and oxygen atoms in total. The van der Waals surface area contributed by atoms with Gasteiger partial charge in [0, 0.05) is 18.6 Å². The Morgan fingerprint density at radius 3 is 2.05 bits per heavy atom. The summed E-state index contributed by atoms with van der Waals surface area (Å²) in [6.45, 7) is 12.9. The number of rotatable bonds is 3. The molecule has 1 atom stereocenters. The zero-order chi connectivity index (χ0) is 13.9. The molecule has 2 saturated heterocycles. The molecule has 3 heteroatoms. The highest BCUT2D eigenvalue weighted by Gasteiger charge is 2.33. The minimum Gasteiger partial charge on any atom is -0.329 e. The van der Waals surface area contributed by atoms with Crippen molar-refractivity contribution in [3.8, 4) is 0 Å². The molecule has 2 fully saturated rings. The van der Waals surface area contributed by atoms with Gasteiger partial charge >= 0.3 is 0 Å². The van der Waals surface area contributed by atoms with Crippen molar-refractivity contribution in [1.29, 1.82) is 0 Å². The normalized spacial score (nSPS) is 26.5. The second-order valence-corrected chi connectivity index (χ2v) is 7.48. The fourth-order valence-corrected chi connectivity index (χ4v) is 3.90. The number of likely N-dealkylation sites (tertiary alicyclic amines) is 2. The van der Waals surface area contributed by atoms with Crippen LogP contribution in [0.2, 0.25) is 0 Å². The van der Waals surface area contributed by atoms with Crippen molar-refractivity contribution < 1.29 is 0 Å². The van der Waals surface area contributed by atoms with Gasteiger partial charge in [0.1, 0.15) is 0 Å². The smallest absolute Gasteiger partial charge is 0.0266 e. The number of piperidine rings is 2. The van der Waals surface area contributed by atoms with Crippen LogP contribution in [0.25, 0.3) is 0 Å². The van der Waals surface area contributed by atoms with Crippen LogP contribution in [0.15, 0.2) is 0 Å². The van der Waals surface area contributed by atoms with Crippen LogP contribution in [0.5, 0.6) is 0 Å². The van der Waals surface area contributed by atoms with Crippen molar-refractivity contribution in [1.82, 2.24) is 9.80 Å². The second kappa shape index (κ2) is 6.55. The van der Waals surface area contributed by atoms with Crippen LogP contribution in [0.4, 0.5) is 0 Å². The van der Waals surface area contributed by atoms with E-state index in [1.54, 1.807) is 0 Å². The highest BCUT2D eigenvalue weighted by Crippen LogP contribution is 2.28. The van der Waals surface area contributed by atoms with E-state index in [2.05, 4.69) is 30.6 Å². The van der Waals surface area contributed by atoms with Crippen molar-refractivity contribution in [2.75, 3.05) is 32.7 Å². The molecular formula is C16H33N3. The lowest BCUT2D eigenvalue weighted by Crippen LogP contribution is -2.54. The number of nitrogens with zero attached hydrogens (tertiary/aromatic N) is 2. The molecule has 0 aromatic heterocycles. The van der Waals surface area contributed by atoms with E-state index in [0.717, 1.165) is 12.6 Å². The van der Waals surface area contributed by atoms with E-state index in [1.807, 2.05) is 0 Å². The lowest BCUT2D eigenvalue weighted by molar-refractivity contribution is 0.0403. The van der Waals surface area contributed by atoms with Gasteiger partial charge in [-0.25, -0.2) is 0 Å². The summed E-state index contributed by atoms with van der Waals surface area (Å²) in [6, 6.07) is 1.38. The highest BCUT2D eigenvalue weighted by atomic mass is 15.2. The molecule has 1 unspecified atom stereocenters. The first-order valence-electron chi connectivity index (χ1n) is 8.20. The molecule has 2 aliphatic heterocycles. The molecule has 0 bridgehead atoms. The summed E-state index contributed by atoms with van der Waals surface area (Å²) in [6.07, 6.45) is 6.94. The molecule has 0 aromatic rings. The molecule has 2 aliphatic rings. The van der Waals surface area contributed by atoms with Gasteiger partial charge in [0.2, 0.25) is 0 Å². The standard InChI is InChI=1S/C16H33N3/c1-16(2,3)15(13-17)19-11-7-14(8-12-19)18-9-5-4-6-10-18/h14-15H,4-13,17H2,1-3H3. The van der Waals surface area contributed by atoms with Crippen molar-refractivity contribution >= 4 is 0 Å². The van der Waals surface area contributed by atoms with E-state index in [1.165, 1.54) is 58.3 Å². The Morgan fingerprint density at radius 2 is 1.58 bits per heavy atom. The molecule has 0 saturated carbocycles. The Bertz CT molecular complexity index is 258. The minimum absolute atomic E-state index is 0.298. The third kappa shape index (κ3) is 3.93. The number of hydrogen-bond acceptors (Lipinski definition) is 3. The first-order chi connectivity index (χ1) is 9.02. The van der Waals surface area contributed by atoms with Gasteiger partial charge in [-0.15, -0.1) is 0 Å². The Balaban J connectivity index is 1.84. The number of nitrogens with two attached hydrogens (primary N) is 1. The molecule has 2 heterocycles. The Hall–Kier alpha value is -0.120. The summed E-state index contributed by atoms with van der Waals surface area (Å²) in [7, 11) is 0. The van der Waals surface area contributed by atoms with E-state index >= 15 is 0 Å². The van der Waals surface area contributed by atoms with Crippen LogP contribution in [0, 0.1) is 5.41 Å². The van der Waals surface area contributed by atoms with E-state index < -0.39 is 0 Å². The molecular weight excluding hydrogens is 234 g/mol. The van der Waals surface area contributed by atoms with Gasteiger partial charge in [0.15, 0.2) is 0 Å². The van der Waals surface area contributed by atoms with Crippen LogP contribution in [-0.2, 0) is 0 Å². The van der Waals surface area contributed by atoms with Crippen LogP contribution >= 0.6 is 0 Å². The zero-order valence-corrected chi connectivity index (χ0v) is 13.2. The molecule has 0 radical (unpaired) electrons. The van der Waals surface area contributed by atoms with Crippen molar-refractivity contribution in [3.63, 3.8) is 0 Å². The van der Waals surface area contributed by atoms with Crippen molar-refractivity contribution in [2.45, 2.75) is 65.0 Å². The Kier molecular flexibility index (Phi) is 5.27. The van der Waals surface area contributed by atoms with Gasteiger partial charge < -0.3 is 10.6 Å². The predicted molar refractivity (Wildman–Crippen MR) is 82.3 cm³/mol. The third-order valence-electron chi connectivity index (χ3n) is 5.07. The van der Waals surface area contributed by atoms with Crippen molar-refractivity contribution in [2.24, 2.45) is 11.1 Å². The predicted octanol–water partition coefficient (Wildman–Crippen LogP) is 2.31. The van der Waals surface area contributed by atoms with Gasteiger partial charge in [-0.05, 0) is 57.3 Å². The summed E-state index contributed by atoms with van der Waals surface area (Å²) < 4.78 is 0. The highest BCUT2D eigenvalue weighted by molar-refractivity contribution is 4.89. The number of hydrogen-bond donors (Lipinski definition) is 1. The first kappa shape index (κ1) is 15.3. The average Bonchev–Trinajstić information content (AvgIpc) is 2.40. The zero-order valence-electron chi connectivity index (χ0n) is 13.2. The summed E-state index contributed by atoms with van der Waals surface area (Å²) in [4.78, 5) is 5.38. The second-order valence-electron chi connectivity index (χ2n) is 7.48. The van der Waals surface area contributed by atoms with Crippen molar-refractivity contribution in [3.05, 3.63) is 0 Å². The van der Waals surface area contributed by atoms with E-state index in [-0.39, 0.29) is 0 Å². The van der Waals surface area contributed by atoms with E-state index in [9.17, 15) is 0 Å². The van der Waals surface area contributed by atoms with Gasteiger partial charge in [-0.1, -0.05) is 27.2 Å². The van der Waals surface area contributed by atoms with E-state index in [4.69, 9.17) is 5.73 Å². The molecule has 0 aliphatic carbocycles. The fraction of sp³-hybridized carbons (Fsp3) is 1.00. The maximum Gasteiger partial charge on any atom is 0.0266 e. The topological polar surface area (TPSA) is 32.5 Å². The van der Waals surface area contributed by atoms with Crippen LogP contribution in [0.3, 0.4) is 0 Å². The van der Waals surface area contributed by atoms with Crippen LogP contribution in [-0.4, -0.2) is 54.6 Å².